The number of carboxylic acids is 1. The van der Waals surface area contributed by atoms with Gasteiger partial charge < -0.3 is 23.7 Å². The molecule has 7 nitrogen and oxygen atoms in total. The van der Waals surface area contributed by atoms with Crippen LogP contribution in [-0.2, 0) is 13.3 Å². The van der Waals surface area contributed by atoms with Crippen LogP contribution in [0.2, 0.25) is 6.04 Å². The first-order valence-electron chi connectivity index (χ1n) is 9.93. The number of carbonyl (C=O) groups excluding carboxylic acids is 1. The molecule has 0 aliphatic rings. The van der Waals surface area contributed by atoms with Gasteiger partial charge in [-0.3, -0.25) is 4.79 Å². The molecule has 0 unspecified atom stereocenters. The van der Waals surface area contributed by atoms with Gasteiger partial charge in [-0.1, -0.05) is 24.3 Å². The van der Waals surface area contributed by atoms with E-state index in [9.17, 15) is 14.7 Å². The van der Waals surface area contributed by atoms with Gasteiger partial charge in [-0.05, 0) is 44.7 Å². The van der Waals surface area contributed by atoms with Gasteiger partial charge >= 0.3 is 14.8 Å². The molecule has 0 aliphatic heterocycles. The smallest absolute Gasteiger partial charge is 0.478 e. The van der Waals surface area contributed by atoms with Gasteiger partial charge in [0, 0.05) is 43.4 Å². The monoisotopic (exact) mass is 419 g/mol. The molecule has 0 aromatic heterocycles. The Morgan fingerprint density at radius 2 is 1.48 bits per heavy atom. The minimum atomic E-state index is -2.74. The predicted molar refractivity (Wildman–Crippen MR) is 113 cm³/mol. The Hall–Kier alpha value is -2.26. The van der Waals surface area contributed by atoms with E-state index in [1.807, 2.05) is 20.8 Å². The minimum Gasteiger partial charge on any atom is -0.478 e. The van der Waals surface area contributed by atoms with E-state index in [0.29, 0.717) is 55.2 Å². The second kappa shape index (κ2) is 11.1. The number of nitrogens with one attached hydrogen (secondary N) is 1. The first-order chi connectivity index (χ1) is 14.0. The molecule has 0 bridgehead atoms. The fourth-order valence-electron chi connectivity index (χ4n) is 3.31. The lowest BCUT2D eigenvalue weighted by molar-refractivity contribution is 0.0692. The van der Waals surface area contributed by atoms with E-state index in [4.69, 9.17) is 13.3 Å². The maximum Gasteiger partial charge on any atom is 0.500 e. The second-order valence-corrected chi connectivity index (χ2v) is 9.09. The van der Waals surface area contributed by atoms with E-state index in [0.717, 1.165) is 0 Å². The van der Waals surface area contributed by atoms with Crippen molar-refractivity contribution in [3.05, 3.63) is 47.5 Å². The standard InChI is InChI=1S/C21H29NO6Si/c1-4-26-29(27-5-2,28-6-3)15-9-14-22-20(23)17-12-7-10-16-11-8-13-18(19(16)17)21(24)25/h7-8,10-13H,4-6,9,14-15H2,1-3H3,(H,22,23)(H,24,25). The van der Waals surface area contributed by atoms with Crippen molar-refractivity contribution in [2.75, 3.05) is 26.4 Å². The Kier molecular flexibility index (Phi) is 8.78. The summed E-state index contributed by atoms with van der Waals surface area (Å²) in [6, 6.07) is 10.8. The normalized spacial score (nSPS) is 11.6. The van der Waals surface area contributed by atoms with Gasteiger partial charge in [0.2, 0.25) is 0 Å². The van der Waals surface area contributed by atoms with Crippen LogP contribution in [0, 0.1) is 0 Å². The number of amides is 1. The molecule has 0 atom stereocenters. The number of fused-ring (bicyclic) bond motifs is 1. The Morgan fingerprint density at radius 1 is 0.931 bits per heavy atom. The first kappa shape index (κ1) is 23.0. The summed E-state index contributed by atoms with van der Waals surface area (Å²) in [6.45, 7) is 7.64. The Bertz CT molecular complexity index is 819. The summed E-state index contributed by atoms with van der Waals surface area (Å²) in [5.74, 6) is -1.36. The van der Waals surface area contributed by atoms with Crippen molar-refractivity contribution in [3.8, 4) is 0 Å². The summed E-state index contributed by atoms with van der Waals surface area (Å²) >= 11 is 0. The number of hydrogen-bond acceptors (Lipinski definition) is 5. The molecular weight excluding hydrogens is 390 g/mol. The van der Waals surface area contributed by atoms with Crippen LogP contribution in [0.3, 0.4) is 0 Å². The largest absolute Gasteiger partial charge is 0.500 e. The molecule has 0 heterocycles. The molecule has 29 heavy (non-hydrogen) atoms. The summed E-state index contributed by atoms with van der Waals surface area (Å²) in [5, 5.41) is 13.5. The summed E-state index contributed by atoms with van der Waals surface area (Å²) < 4.78 is 17.5. The number of benzene rings is 2. The predicted octanol–water partition coefficient (Wildman–Crippen LogP) is 3.71. The van der Waals surface area contributed by atoms with Gasteiger partial charge in [-0.2, -0.15) is 0 Å². The Balaban J connectivity index is 2.09. The second-order valence-electron chi connectivity index (χ2n) is 6.36. The van der Waals surface area contributed by atoms with E-state index in [2.05, 4.69) is 5.32 Å². The maximum atomic E-state index is 12.7. The molecule has 2 N–H and O–H groups in total. The molecule has 2 aromatic rings. The van der Waals surface area contributed by atoms with Crippen LogP contribution in [0.5, 0.6) is 0 Å². The van der Waals surface area contributed by atoms with Crippen molar-refractivity contribution >= 4 is 31.5 Å². The van der Waals surface area contributed by atoms with Crippen molar-refractivity contribution in [2.45, 2.75) is 33.2 Å². The van der Waals surface area contributed by atoms with Crippen LogP contribution in [0.25, 0.3) is 10.8 Å². The van der Waals surface area contributed by atoms with E-state index >= 15 is 0 Å². The number of carbonyl (C=O) groups is 2. The van der Waals surface area contributed by atoms with E-state index < -0.39 is 14.8 Å². The van der Waals surface area contributed by atoms with Gasteiger partial charge in [0.25, 0.3) is 5.91 Å². The molecule has 0 radical (unpaired) electrons. The summed E-state index contributed by atoms with van der Waals surface area (Å²) in [5.41, 5.74) is 0.465. The van der Waals surface area contributed by atoms with Gasteiger partial charge in [0.15, 0.2) is 0 Å². The molecule has 8 heteroatoms. The third-order valence-electron chi connectivity index (χ3n) is 4.42. The molecule has 0 spiro atoms. The van der Waals surface area contributed by atoms with E-state index in [1.54, 1.807) is 30.3 Å². The van der Waals surface area contributed by atoms with Crippen molar-refractivity contribution < 1.29 is 28.0 Å². The lowest BCUT2D eigenvalue weighted by Gasteiger charge is -2.28. The fraction of sp³-hybridized carbons (Fsp3) is 0.429. The van der Waals surface area contributed by atoms with Crippen LogP contribution >= 0.6 is 0 Å². The van der Waals surface area contributed by atoms with Gasteiger partial charge in [-0.15, -0.1) is 0 Å². The number of carboxylic acid groups (broad SMARTS) is 1. The van der Waals surface area contributed by atoms with Crippen LogP contribution in [0.4, 0.5) is 0 Å². The van der Waals surface area contributed by atoms with Crippen LogP contribution in [-0.4, -0.2) is 52.2 Å². The third kappa shape index (κ3) is 5.86. The van der Waals surface area contributed by atoms with Gasteiger partial charge in [0.05, 0.1) is 5.56 Å². The SMILES string of the molecule is CCO[Si](CCCNC(=O)c1cccc2cccc(C(=O)O)c12)(OCC)OCC. The summed E-state index contributed by atoms with van der Waals surface area (Å²) in [7, 11) is -2.74. The van der Waals surface area contributed by atoms with Crippen LogP contribution in [0.15, 0.2) is 36.4 Å². The number of hydrogen-bond donors (Lipinski definition) is 2. The highest BCUT2D eigenvalue weighted by Gasteiger charge is 2.39. The lowest BCUT2D eigenvalue weighted by Crippen LogP contribution is -2.46. The number of rotatable bonds is 12. The molecular formula is C21H29NO6Si. The number of aromatic carboxylic acids is 1. The zero-order chi connectivity index (χ0) is 21.3. The molecule has 0 saturated heterocycles. The van der Waals surface area contributed by atoms with Crippen LogP contribution < -0.4 is 5.32 Å². The van der Waals surface area contributed by atoms with E-state index in [1.165, 1.54) is 6.07 Å². The highest BCUT2D eigenvalue weighted by molar-refractivity contribution is 6.60. The van der Waals surface area contributed by atoms with Crippen molar-refractivity contribution in [3.63, 3.8) is 0 Å². The van der Waals surface area contributed by atoms with Crippen molar-refractivity contribution in [2.24, 2.45) is 0 Å². The van der Waals surface area contributed by atoms with Gasteiger partial charge in [0.1, 0.15) is 0 Å². The third-order valence-corrected chi connectivity index (χ3v) is 7.57. The Morgan fingerprint density at radius 3 is 2.00 bits per heavy atom. The fourth-order valence-corrected chi connectivity index (χ4v) is 5.92. The molecule has 1 amide bonds. The molecule has 0 aliphatic carbocycles. The molecule has 0 saturated carbocycles. The lowest BCUT2D eigenvalue weighted by atomic mass is 9.98. The average Bonchev–Trinajstić information content (AvgIpc) is 2.70. The maximum absolute atomic E-state index is 12.7. The summed E-state index contributed by atoms with van der Waals surface area (Å²) in [6.07, 6.45) is 0.633. The molecule has 2 aromatic carbocycles. The first-order valence-corrected chi connectivity index (χ1v) is 11.9. The van der Waals surface area contributed by atoms with Gasteiger partial charge in [-0.25, -0.2) is 4.79 Å². The molecule has 158 valence electrons. The highest BCUT2D eigenvalue weighted by atomic mass is 28.4. The topological polar surface area (TPSA) is 94.1 Å². The quantitative estimate of drug-likeness (QED) is 0.402. The van der Waals surface area contributed by atoms with Crippen LogP contribution in [0.1, 0.15) is 47.9 Å². The zero-order valence-electron chi connectivity index (χ0n) is 17.2. The molecule has 0 fully saturated rings. The Labute approximate surface area is 172 Å². The minimum absolute atomic E-state index is 0.115. The van der Waals surface area contributed by atoms with E-state index in [-0.39, 0.29) is 11.5 Å². The highest BCUT2D eigenvalue weighted by Crippen LogP contribution is 2.23. The average molecular weight is 420 g/mol. The van der Waals surface area contributed by atoms with Crippen molar-refractivity contribution in [1.29, 1.82) is 0 Å². The molecule has 2 rings (SSSR count). The summed E-state index contributed by atoms with van der Waals surface area (Å²) in [4.78, 5) is 24.3. The zero-order valence-corrected chi connectivity index (χ0v) is 18.2. The van der Waals surface area contributed by atoms with Crippen molar-refractivity contribution in [1.82, 2.24) is 5.32 Å².